The first-order valence-corrected chi connectivity index (χ1v) is 7.54. The van der Waals surface area contributed by atoms with Crippen LogP contribution in [0.5, 0.6) is 0 Å². The molecule has 1 fully saturated rings. The highest BCUT2D eigenvalue weighted by molar-refractivity contribution is 5.83. The lowest BCUT2D eigenvalue weighted by atomic mass is 9.79. The van der Waals surface area contributed by atoms with Crippen LogP contribution >= 0.6 is 0 Å². The van der Waals surface area contributed by atoms with Crippen LogP contribution in [0.2, 0.25) is 0 Å². The number of nitrogens with one attached hydrogen (secondary N) is 2. The molecule has 1 aromatic heterocycles. The quantitative estimate of drug-likeness (QED) is 0.830. The average molecular weight is 291 g/mol. The summed E-state index contributed by atoms with van der Waals surface area (Å²) in [5.41, 5.74) is 1.01. The lowest BCUT2D eigenvalue weighted by molar-refractivity contribution is -0.123. The van der Waals surface area contributed by atoms with Crippen LogP contribution in [0.25, 0.3) is 0 Å². The van der Waals surface area contributed by atoms with Gasteiger partial charge in [-0.3, -0.25) is 9.78 Å². The number of hydrogen-bond donors (Lipinski definition) is 2. The van der Waals surface area contributed by atoms with Gasteiger partial charge < -0.3 is 15.4 Å². The van der Waals surface area contributed by atoms with Crippen molar-refractivity contribution >= 4 is 5.91 Å². The molecule has 0 saturated carbocycles. The van der Waals surface area contributed by atoms with Gasteiger partial charge in [0.1, 0.15) is 0 Å². The molecule has 0 spiro atoms. The van der Waals surface area contributed by atoms with Crippen LogP contribution in [0.3, 0.4) is 0 Å². The minimum absolute atomic E-state index is 0.0528. The Balaban J connectivity index is 1.92. The smallest absolute Gasteiger partial charge is 0.227 e. The normalized spacial score (nSPS) is 19.0. The number of methoxy groups -OCH3 is 1. The zero-order valence-corrected chi connectivity index (χ0v) is 12.9. The van der Waals surface area contributed by atoms with Gasteiger partial charge in [0.25, 0.3) is 0 Å². The molecule has 1 aliphatic heterocycles. The predicted octanol–water partition coefficient (Wildman–Crippen LogP) is 1.32. The van der Waals surface area contributed by atoms with Crippen LogP contribution in [0.15, 0.2) is 24.5 Å². The number of pyridine rings is 1. The summed E-state index contributed by atoms with van der Waals surface area (Å²) in [6.07, 6.45) is 5.53. The summed E-state index contributed by atoms with van der Waals surface area (Å²) in [5.74, 6) is -0.128. The van der Waals surface area contributed by atoms with E-state index in [1.165, 1.54) is 0 Å². The van der Waals surface area contributed by atoms with E-state index in [0.717, 1.165) is 31.5 Å². The second-order valence-corrected chi connectivity index (χ2v) is 5.91. The van der Waals surface area contributed by atoms with E-state index in [9.17, 15) is 4.79 Å². The Bertz CT molecular complexity index is 439. The molecule has 0 radical (unpaired) electrons. The number of amides is 1. The van der Waals surface area contributed by atoms with Crippen molar-refractivity contribution in [3.05, 3.63) is 30.1 Å². The topological polar surface area (TPSA) is 63.2 Å². The van der Waals surface area contributed by atoms with E-state index in [0.29, 0.717) is 13.2 Å². The fraction of sp³-hybridized carbons (Fsp3) is 0.625. The summed E-state index contributed by atoms with van der Waals surface area (Å²) in [4.78, 5) is 16.4. The molecule has 0 aliphatic carbocycles. The summed E-state index contributed by atoms with van der Waals surface area (Å²) in [6, 6.07) is 3.80. The highest BCUT2D eigenvalue weighted by atomic mass is 16.5. The first-order chi connectivity index (χ1) is 10.2. The Morgan fingerprint density at radius 3 is 2.90 bits per heavy atom. The first kappa shape index (κ1) is 15.9. The number of piperidine rings is 1. The second kappa shape index (κ2) is 7.52. The molecule has 2 rings (SSSR count). The molecule has 5 heteroatoms. The van der Waals surface area contributed by atoms with Crippen molar-refractivity contribution in [3.63, 3.8) is 0 Å². The maximum absolute atomic E-state index is 12.3. The van der Waals surface area contributed by atoms with Gasteiger partial charge in [-0.05, 0) is 44.5 Å². The minimum atomic E-state index is -0.181. The third-order valence-electron chi connectivity index (χ3n) is 4.33. The van der Waals surface area contributed by atoms with E-state index in [1.54, 1.807) is 19.5 Å². The fourth-order valence-electron chi connectivity index (χ4n) is 2.85. The van der Waals surface area contributed by atoms with Crippen LogP contribution in [0.4, 0.5) is 0 Å². The summed E-state index contributed by atoms with van der Waals surface area (Å²) in [7, 11) is 1.73. The predicted molar refractivity (Wildman–Crippen MR) is 82.1 cm³/mol. The van der Waals surface area contributed by atoms with Gasteiger partial charge in [-0.15, -0.1) is 0 Å². The number of carbonyl (C=O) groups is 1. The molecular weight excluding hydrogens is 266 g/mol. The van der Waals surface area contributed by atoms with Gasteiger partial charge in [-0.2, -0.15) is 0 Å². The molecule has 2 N–H and O–H groups in total. The second-order valence-electron chi connectivity index (χ2n) is 5.91. The van der Waals surface area contributed by atoms with Gasteiger partial charge >= 0.3 is 0 Å². The van der Waals surface area contributed by atoms with Gasteiger partial charge in [0.15, 0.2) is 0 Å². The summed E-state index contributed by atoms with van der Waals surface area (Å²) >= 11 is 0. The number of hydrogen-bond acceptors (Lipinski definition) is 4. The van der Waals surface area contributed by atoms with Crippen molar-refractivity contribution in [3.8, 4) is 0 Å². The van der Waals surface area contributed by atoms with E-state index in [2.05, 4.69) is 15.6 Å². The standard InChI is InChI=1S/C16H25N3O2/c1-13(14-4-3-7-18-10-14)15(20)19-11-16(12-21-2)5-8-17-9-6-16/h3-4,7,10,13,17H,5-6,8-9,11-12H2,1-2H3,(H,19,20). The molecule has 0 bridgehead atoms. The Hall–Kier alpha value is -1.46. The zero-order valence-electron chi connectivity index (χ0n) is 12.9. The maximum Gasteiger partial charge on any atom is 0.227 e. The van der Waals surface area contributed by atoms with Crippen LogP contribution in [-0.4, -0.2) is 44.2 Å². The zero-order chi connectivity index (χ0) is 15.1. The molecule has 21 heavy (non-hydrogen) atoms. The van der Waals surface area contributed by atoms with Gasteiger partial charge in [-0.1, -0.05) is 6.07 Å². The van der Waals surface area contributed by atoms with Crippen molar-refractivity contribution in [1.29, 1.82) is 0 Å². The molecule has 1 aromatic rings. The number of nitrogens with zero attached hydrogens (tertiary/aromatic N) is 1. The molecule has 0 aromatic carbocycles. The van der Waals surface area contributed by atoms with Crippen molar-refractivity contribution in [2.45, 2.75) is 25.7 Å². The fourth-order valence-corrected chi connectivity index (χ4v) is 2.85. The third-order valence-corrected chi connectivity index (χ3v) is 4.33. The van der Waals surface area contributed by atoms with E-state index in [1.807, 2.05) is 19.1 Å². The lowest BCUT2D eigenvalue weighted by Crippen LogP contribution is -2.47. The Labute approximate surface area is 126 Å². The molecular formula is C16H25N3O2. The first-order valence-electron chi connectivity index (χ1n) is 7.54. The molecule has 1 aliphatic rings. The van der Waals surface area contributed by atoms with Crippen molar-refractivity contribution in [2.75, 3.05) is 33.4 Å². The third kappa shape index (κ3) is 4.25. The monoisotopic (exact) mass is 291 g/mol. The Morgan fingerprint density at radius 1 is 1.52 bits per heavy atom. The van der Waals surface area contributed by atoms with E-state index >= 15 is 0 Å². The maximum atomic E-state index is 12.3. The molecule has 5 nitrogen and oxygen atoms in total. The van der Waals surface area contributed by atoms with Gasteiger partial charge in [0.05, 0.1) is 12.5 Å². The van der Waals surface area contributed by atoms with Crippen molar-refractivity contribution in [2.24, 2.45) is 5.41 Å². The largest absolute Gasteiger partial charge is 0.384 e. The van der Waals surface area contributed by atoms with E-state index in [-0.39, 0.29) is 17.2 Å². The lowest BCUT2D eigenvalue weighted by Gasteiger charge is -2.37. The number of aromatic nitrogens is 1. The van der Waals surface area contributed by atoms with Gasteiger partial charge in [-0.25, -0.2) is 0 Å². The Morgan fingerprint density at radius 2 is 2.29 bits per heavy atom. The highest BCUT2D eigenvalue weighted by Gasteiger charge is 2.33. The summed E-state index contributed by atoms with van der Waals surface area (Å²) in [5, 5.41) is 6.46. The molecule has 2 heterocycles. The van der Waals surface area contributed by atoms with Crippen LogP contribution in [0.1, 0.15) is 31.2 Å². The summed E-state index contributed by atoms with van der Waals surface area (Å²) < 4.78 is 5.37. The summed E-state index contributed by atoms with van der Waals surface area (Å²) in [6.45, 7) is 5.24. The van der Waals surface area contributed by atoms with Gasteiger partial charge in [0, 0.05) is 31.5 Å². The van der Waals surface area contributed by atoms with Crippen molar-refractivity contribution < 1.29 is 9.53 Å². The van der Waals surface area contributed by atoms with Gasteiger partial charge in [0.2, 0.25) is 5.91 Å². The molecule has 1 amide bonds. The van der Waals surface area contributed by atoms with Crippen LogP contribution in [-0.2, 0) is 9.53 Å². The number of ether oxygens (including phenoxy) is 1. The van der Waals surface area contributed by atoms with Crippen LogP contribution in [0, 0.1) is 5.41 Å². The number of carbonyl (C=O) groups excluding carboxylic acids is 1. The van der Waals surface area contributed by atoms with Crippen molar-refractivity contribution in [1.82, 2.24) is 15.6 Å². The van der Waals surface area contributed by atoms with E-state index < -0.39 is 0 Å². The average Bonchev–Trinajstić information content (AvgIpc) is 2.54. The SMILES string of the molecule is COCC1(CNC(=O)C(C)c2cccnc2)CCNCC1. The minimum Gasteiger partial charge on any atom is -0.384 e. The molecule has 116 valence electrons. The molecule has 1 unspecified atom stereocenters. The number of rotatable bonds is 6. The molecule has 1 saturated heterocycles. The van der Waals surface area contributed by atoms with E-state index in [4.69, 9.17) is 4.74 Å². The Kier molecular flexibility index (Phi) is 5.70. The van der Waals surface area contributed by atoms with Crippen LogP contribution < -0.4 is 10.6 Å². The highest BCUT2D eigenvalue weighted by Crippen LogP contribution is 2.28. The molecule has 1 atom stereocenters.